The summed E-state index contributed by atoms with van der Waals surface area (Å²) in [6.07, 6.45) is 0. The topological polar surface area (TPSA) is 60.4 Å². The van der Waals surface area contributed by atoms with Crippen molar-refractivity contribution in [3.63, 3.8) is 0 Å². The maximum atomic E-state index is 12.6. The third kappa shape index (κ3) is 1.46. The first-order valence-corrected chi connectivity index (χ1v) is 4.09. The third-order valence-corrected chi connectivity index (χ3v) is 2.07. The zero-order valence-electron chi connectivity index (χ0n) is 6.18. The van der Waals surface area contributed by atoms with Crippen LogP contribution in [0.1, 0.15) is 0 Å². The molecule has 0 heterocycles. The Morgan fingerprint density at radius 2 is 1.43 bits per heavy atom. The molecule has 8 heteroatoms. The number of hydrogen-bond donors (Lipinski definition) is 1. The molecule has 0 spiro atoms. The number of halogens is 4. The lowest BCUT2D eigenvalue weighted by atomic mass is 10.3. The van der Waals surface area contributed by atoms with Gasteiger partial charge in [0.25, 0.3) is 0 Å². The lowest BCUT2D eigenvalue weighted by molar-refractivity contribution is 0.344. The molecular weight excluding hydrogens is 228 g/mol. The van der Waals surface area contributed by atoms with Gasteiger partial charge in [-0.1, -0.05) is 0 Å². The summed E-state index contributed by atoms with van der Waals surface area (Å²) in [5, 5.41) is 8.64. The Hall–Kier alpha value is -1.15. The molecule has 1 atom stereocenters. The van der Waals surface area contributed by atoms with E-state index in [0.717, 1.165) is 0 Å². The second-order valence-corrected chi connectivity index (χ2v) is 3.05. The van der Waals surface area contributed by atoms with Gasteiger partial charge >= 0.3 is 0 Å². The van der Waals surface area contributed by atoms with Crippen LogP contribution in [0.2, 0.25) is 0 Å². The molecule has 0 aliphatic rings. The van der Waals surface area contributed by atoms with Gasteiger partial charge in [-0.3, -0.25) is 4.21 Å². The van der Waals surface area contributed by atoms with Crippen LogP contribution in [0.5, 0.6) is 5.75 Å². The van der Waals surface area contributed by atoms with E-state index in [0.29, 0.717) is 0 Å². The maximum Gasteiger partial charge on any atom is 0.204 e. The second-order valence-electron chi connectivity index (χ2n) is 2.17. The quantitative estimate of drug-likeness (QED) is 0.340. The van der Waals surface area contributed by atoms with E-state index in [4.69, 9.17) is 5.11 Å². The van der Waals surface area contributed by atoms with Gasteiger partial charge in [0.2, 0.25) is 11.6 Å². The van der Waals surface area contributed by atoms with Crippen molar-refractivity contribution < 1.29 is 31.4 Å². The van der Waals surface area contributed by atoms with Crippen molar-refractivity contribution in [3.8, 4) is 5.75 Å². The molecule has 78 valence electrons. The van der Waals surface area contributed by atoms with E-state index in [2.05, 4.69) is 0 Å². The van der Waals surface area contributed by atoms with E-state index in [-0.39, 0.29) is 0 Å². The highest BCUT2D eigenvalue weighted by Crippen LogP contribution is 2.31. The van der Waals surface area contributed by atoms with E-state index in [1.807, 2.05) is 0 Å². The summed E-state index contributed by atoms with van der Waals surface area (Å²) in [4.78, 5) is -1.64. The van der Waals surface area contributed by atoms with Crippen LogP contribution < -0.4 is 0 Å². The fourth-order valence-corrected chi connectivity index (χ4v) is 1.24. The van der Waals surface area contributed by atoms with E-state index in [9.17, 15) is 26.3 Å². The van der Waals surface area contributed by atoms with Crippen LogP contribution in [0.4, 0.5) is 17.6 Å². The molecule has 1 unspecified atom stereocenters. The SMILES string of the molecule is O=S([O-])c1c(O)c(F)c(F)c(F)c1F. The smallest absolute Gasteiger partial charge is 0.204 e. The predicted octanol–water partition coefficient (Wildman–Crippen LogP) is 1.19. The number of benzene rings is 1. The highest BCUT2D eigenvalue weighted by Gasteiger charge is 2.25. The predicted molar refractivity (Wildman–Crippen MR) is 35.1 cm³/mol. The summed E-state index contributed by atoms with van der Waals surface area (Å²) in [7, 11) is 0. The van der Waals surface area contributed by atoms with Crippen molar-refractivity contribution in [1.29, 1.82) is 0 Å². The summed E-state index contributed by atoms with van der Waals surface area (Å²) in [5.41, 5.74) is 0. The van der Waals surface area contributed by atoms with Crippen LogP contribution in [-0.2, 0) is 11.1 Å². The van der Waals surface area contributed by atoms with Gasteiger partial charge in [-0.15, -0.1) is 0 Å². The van der Waals surface area contributed by atoms with Crippen LogP contribution >= 0.6 is 0 Å². The average molecular weight is 229 g/mol. The monoisotopic (exact) mass is 229 g/mol. The number of hydrogen-bond acceptors (Lipinski definition) is 3. The van der Waals surface area contributed by atoms with Crippen LogP contribution in [-0.4, -0.2) is 13.9 Å². The van der Waals surface area contributed by atoms with Crippen molar-refractivity contribution in [3.05, 3.63) is 23.3 Å². The van der Waals surface area contributed by atoms with Gasteiger partial charge in [0.15, 0.2) is 17.4 Å². The summed E-state index contributed by atoms with van der Waals surface area (Å²) < 4.78 is 70.3. The number of phenolic OH excluding ortho intramolecular Hbond substituents is 1. The molecule has 0 saturated carbocycles. The van der Waals surface area contributed by atoms with Crippen LogP contribution in [0, 0.1) is 23.3 Å². The minimum Gasteiger partial charge on any atom is -0.768 e. The zero-order valence-corrected chi connectivity index (χ0v) is 7.00. The minimum atomic E-state index is -3.40. The largest absolute Gasteiger partial charge is 0.768 e. The molecule has 1 rings (SSSR count). The summed E-state index contributed by atoms with van der Waals surface area (Å²) in [6, 6.07) is 0. The highest BCUT2D eigenvalue weighted by atomic mass is 32.2. The van der Waals surface area contributed by atoms with Crippen molar-refractivity contribution in [2.75, 3.05) is 0 Å². The molecule has 0 aliphatic carbocycles. The Labute approximate surface area is 77.3 Å². The van der Waals surface area contributed by atoms with E-state index in [1.165, 1.54) is 0 Å². The van der Waals surface area contributed by atoms with E-state index < -0.39 is 45.0 Å². The second kappa shape index (κ2) is 3.54. The van der Waals surface area contributed by atoms with Crippen LogP contribution in [0.15, 0.2) is 4.90 Å². The maximum absolute atomic E-state index is 12.6. The van der Waals surface area contributed by atoms with Crippen LogP contribution in [0.3, 0.4) is 0 Å². The van der Waals surface area contributed by atoms with Crippen molar-refractivity contribution in [1.82, 2.24) is 0 Å². The number of rotatable bonds is 1. The molecule has 3 nitrogen and oxygen atoms in total. The standard InChI is InChI=1S/C6H2F4O3S/c7-1-2(8)4(10)6(14(12)13)5(11)3(1)9/h11H,(H,12,13)/p-1. The Bertz CT molecular complexity index is 391. The average Bonchev–Trinajstić information content (AvgIpc) is 2.11. The lowest BCUT2D eigenvalue weighted by Gasteiger charge is -2.10. The first-order chi connectivity index (χ1) is 6.37. The van der Waals surface area contributed by atoms with Gasteiger partial charge in [0.1, 0.15) is 4.90 Å². The Balaban J connectivity index is 3.68. The molecule has 0 fully saturated rings. The number of phenols is 1. The van der Waals surface area contributed by atoms with Crippen LogP contribution in [0.25, 0.3) is 0 Å². The molecule has 1 N–H and O–H groups in total. The number of aromatic hydroxyl groups is 1. The Kier molecular flexibility index (Phi) is 2.76. The van der Waals surface area contributed by atoms with Gasteiger partial charge in [-0.25, -0.2) is 13.2 Å². The highest BCUT2D eigenvalue weighted by molar-refractivity contribution is 7.79. The molecule has 0 radical (unpaired) electrons. The first kappa shape index (κ1) is 10.9. The van der Waals surface area contributed by atoms with Gasteiger partial charge in [-0.05, 0) is 11.1 Å². The Morgan fingerprint density at radius 1 is 1.00 bits per heavy atom. The van der Waals surface area contributed by atoms with Gasteiger partial charge < -0.3 is 9.66 Å². The molecular formula is C6HF4O3S-. The van der Waals surface area contributed by atoms with Crippen molar-refractivity contribution in [2.45, 2.75) is 4.90 Å². The van der Waals surface area contributed by atoms with Gasteiger partial charge in [0.05, 0.1) is 0 Å². The fourth-order valence-electron chi connectivity index (χ4n) is 0.752. The van der Waals surface area contributed by atoms with E-state index >= 15 is 0 Å². The van der Waals surface area contributed by atoms with Gasteiger partial charge in [0, 0.05) is 0 Å². The molecule has 0 aromatic heterocycles. The molecule has 0 saturated heterocycles. The zero-order chi connectivity index (χ0) is 11.0. The molecule has 14 heavy (non-hydrogen) atoms. The summed E-state index contributed by atoms with van der Waals surface area (Å²) >= 11 is -3.40. The molecule has 0 amide bonds. The fraction of sp³-hybridized carbons (Fsp3) is 0. The summed E-state index contributed by atoms with van der Waals surface area (Å²) in [6.45, 7) is 0. The minimum absolute atomic E-state index is 1.64. The molecule has 0 bridgehead atoms. The normalized spacial score (nSPS) is 12.9. The Morgan fingerprint density at radius 3 is 1.86 bits per heavy atom. The molecule has 0 aliphatic heterocycles. The third-order valence-electron chi connectivity index (χ3n) is 1.37. The van der Waals surface area contributed by atoms with E-state index in [1.54, 1.807) is 0 Å². The molecule has 1 aromatic carbocycles. The summed E-state index contributed by atoms with van der Waals surface area (Å²) in [5.74, 6) is -10.7. The molecule has 1 aromatic rings. The lowest BCUT2D eigenvalue weighted by Crippen LogP contribution is -2.04. The first-order valence-electron chi connectivity index (χ1n) is 3.02. The van der Waals surface area contributed by atoms with Gasteiger partial charge in [-0.2, -0.15) is 4.39 Å². The van der Waals surface area contributed by atoms with Crippen molar-refractivity contribution >= 4 is 11.1 Å². The van der Waals surface area contributed by atoms with Crippen molar-refractivity contribution in [2.24, 2.45) is 0 Å².